The van der Waals surface area contributed by atoms with Crippen LogP contribution in [0.2, 0.25) is 0 Å². The molecule has 0 bridgehead atoms. The largest absolute Gasteiger partial charge is 0.366 e. The second kappa shape index (κ2) is 5.49. The lowest BCUT2D eigenvalue weighted by atomic mass is 9.80. The average Bonchev–Trinajstić information content (AvgIpc) is 2.99. The summed E-state index contributed by atoms with van der Waals surface area (Å²) in [6.07, 6.45) is 4.48. The Kier molecular flexibility index (Phi) is 3.45. The lowest BCUT2D eigenvalue weighted by Gasteiger charge is -2.27. The summed E-state index contributed by atoms with van der Waals surface area (Å²) in [6.45, 7) is 2.71. The lowest BCUT2D eigenvalue weighted by Crippen LogP contribution is -2.19. The van der Waals surface area contributed by atoms with Crippen molar-refractivity contribution in [3.05, 3.63) is 35.0 Å². The molecule has 120 valence electrons. The first-order valence-corrected chi connectivity index (χ1v) is 8.18. The van der Waals surface area contributed by atoms with E-state index in [4.69, 9.17) is 20.5 Å². The van der Waals surface area contributed by atoms with Gasteiger partial charge in [-0.25, -0.2) is 0 Å². The molecule has 0 radical (unpaired) electrons. The third kappa shape index (κ3) is 2.55. The fraction of sp³-hybridized carbons (Fsp3) is 0.444. The number of carbonyl (C=O) groups is 1. The molecule has 23 heavy (non-hydrogen) atoms. The van der Waals surface area contributed by atoms with Crippen LogP contribution in [0, 0.1) is 5.92 Å². The van der Waals surface area contributed by atoms with Gasteiger partial charge in [0.1, 0.15) is 6.61 Å². The highest BCUT2D eigenvalue weighted by Crippen LogP contribution is 2.38. The second-order valence-corrected chi connectivity index (χ2v) is 6.74. The average molecular weight is 312 g/mol. The molecule has 2 aromatic rings. The number of nitrogens with two attached hydrogens (primary N) is 1. The Hall–Kier alpha value is -2.14. The van der Waals surface area contributed by atoms with Crippen LogP contribution < -0.4 is 10.6 Å². The fourth-order valence-electron chi connectivity index (χ4n) is 3.65. The minimum Gasteiger partial charge on any atom is -0.366 e. The van der Waals surface area contributed by atoms with Crippen molar-refractivity contribution in [2.75, 3.05) is 0 Å². The molecule has 0 unspecified atom stereocenters. The zero-order chi connectivity index (χ0) is 16.0. The molecule has 1 aromatic carbocycles. The van der Waals surface area contributed by atoms with E-state index < -0.39 is 5.91 Å². The molecule has 2 aliphatic rings. The van der Waals surface area contributed by atoms with E-state index in [0.717, 1.165) is 40.9 Å². The molecule has 2 heterocycles. The van der Waals surface area contributed by atoms with E-state index in [1.165, 1.54) is 12.8 Å². The summed E-state index contributed by atoms with van der Waals surface area (Å²) in [5, 5.41) is 0.857. The lowest BCUT2D eigenvalue weighted by molar-refractivity contribution is -0.194. The van der Waals surface area contributed by atoms with Gasteiger partial charge in [0, 0.05) is 16.9 Å². The maximum absolute atomic E-state index is 11.9. The molecule has 1 aromatic heterocycles. The summed E-state index contributed by atoms with van der Waals surface area (Å²) in [4.78, 5) is 26.9. The number of fused-ring (bicyclic) bond motifs is 2. The van der Waals surface area contributed by atoms with Crippen LogP contribution in [0.5, 0.6) is 5.75 Å². The van der Waals surface area contributed by atoms with Gasteiger partial charge in [0.25, 0.3) is 5.91 Å². The zero-order valence-electron chi connectivity index (χ0n) is 13.2. The standard InChI is InChI=1S/C18H20N2O3/c1-10-2-4-11(5-3-10)17-14(18(19)21)6-12-8-16-13(9-22-23-16)7-15(12)20-17/h6-8,10-11H,2-5,9H2,1H3,(H2,19,21). The van der Waals surface area contributed by atoms with Gasteiger partial charge in [-0.05, 0) is 37.0 Å². The van der Waals surface area contributed by atoms with E-state index in [1.807, 2.05) is 18.2 Å². The van der Waals surface area contributed by atoms with Crippen LogP contribution in [0.15, 0.2) is 18.2 Å². The van der Waals surface area contributed by atoms with Crippen LogP contribution in [0.1, 0.15) is 60.1 Å². The summed E-state index contributed by atoms with van der Waals surface area (Å²) in [5.74, 6) is 1.35. The first-order chi connectivity index (χ1) is 11.1. The van der Waals surface area contributed by atoms with Crippen molar-refractivity contribution in [2.24, 2.45) is 11.7 Å². The molecule has 1 amide bonds. The van der Waals surface area contributed by atoms with E-state index in [0.29, 0.717) is 23.8 Å². The van der Waals surface area contributed by atoms with Crippen molar-refractivity contribution in [3.8, 4) is 5.75 Å². The molecule has 5 nitrogen and oxygen atoms in total. The summed E-state index contributed by atoms with van der Waals surface area (Å²) >= 11 is 0. The second-order valence-electron chi connectivity index (χ2n) is 6.74. The maximum Gasteiger partial charge on any atom is 0.250 e. The third-order valence-corrected chi connectivity index (χ3v) is 5.06. The van der Waals surface area contributed by atoms with Crippen molar-refractivity contribution in [1.82, 2.24) is 4.98 Å². The normalized spacial score (nSPS) is 23.5. The molecule has 1 saturated carbocycles. The van der Waals surface area contributed by atoms with Gasteiger partial charge in [0.2, 0.25) is 0 Å². The number of carbonyl (C=O) groups excluding carboxylic acids is 1. The summed E-state index contributed by atoms with van der Waals surface area (Å²) in [5.41, 5.74) is 8.87. The maximum atomic E-state index is 11.9. The van der Waals surface area contributed by atoms with Crippen LogP contribution in [0.4, 0.5) is 0 Å². The van der Waals surface area contributed by atoms with E-state index >= 15 is 0 Å². The topological polar surface area (TPSA) is 74.4 Å². The van der Waals surface area contributed by atoms with Gasteiger partial charge in [-0.3, -0.25) is 9.78 Å². The molecule has 0 spiro atoms. The predicted octanol–water partition coefficient (Wildman–Crippen LogP) is 3.45. The molecule has 5 heteroatoms. The molecule has 1 fully saturated rings. The number of rotatable bonds is 2. The van der Waals surface area contributed by atoms with Crippen LogP contribution in [-0.4, -0.2) is 10.9 Å². The van der Waals surface area contributed by atoms with Crippen molar-refractivity contribution < 1.29 is 14.6 Å². The zero-order valence-corrected chi connectivity index (χ0v) is 13.2. The van der Waals surface area contributed by atoms with Gasteiger partial charge < -0.3 is 10.6 Å². The Balaban J connectivity index is 1.83. The van der Waals surface area contributed by atoms with Gasteiger partial charge in [0.15, 0.2) is 5.75 Å². The van der Waals surface area contributed by atoms with Crippen LogP contribution in [0.3, 0.4) is 0 Å². The Bertz CT molecular complexity index is 779. The number of primary amides is 1. The highest BCUT2D eigenvalue weighted by atomic mass is 17.2. The molecular formula is C18H20N2O3. The molecule has 4 rings (SSSR count). The van der Waals surface area contributed by atoms with Crippen molar-refractivity contribution >= 4 is 16.8 Å². The number of amides is 1. The monoisotopic (exact) mass is 312 g/mol. The van der Waals surface area contributed by atoms with Gasteiger partial charge in [0.05, 0.1) is 16.8 Å². The molecule has 0 saturated heterocycles. The fourth-order valence-corrected chi connectivity index (χ4v) is 3.65. The molecule has 2 N–H and O–H groups in total. The first-order valence-electron chi connectivity index (χ1n) is 8.18. The van der Waals surface area contributed by atoms with Gasteiger partial charge in [-0.15, -0.1) is 0 Å². The van der Waals surface area contributed by atoms with Crippen LogP contribution >= 0.6 is 0 Å². The predicted molar refractivity (Wildman–Crippen MR) is 86.1 cm³/mol. The van der Waals surface area contributed by atoms with Gasteiger partial charge >= 0.3 is 0 Å². The SMILES string of the molecule is CC1CCC(c2nc3cc4c(cc3cc2C(N)=O)OOC4)CC1. The van der Waals surface area contributed by atoms with Crippen molar-refractivity contribution in [3.63, 3.8) is 0 Å². The van der Waals surface area contributed by atoms with E-state index in [2.05, 4.69) is 6.92 Å². The number of benzene rings is 1. The van der Waals surface area contributed by atoms with Crippen molar-refractivity contribution in [1.29, 1.82) is 0 Å². The highest BCUT2D eigenvalue weighted by molar-refractivity contribution is 5.98. The van der Waals surface area contributed by atoms with Crippen LogP contribution in [-0.2, 0) is 11.5 Å². The van der Waals surface area contributed by atoms with E-state index in [9.17, 15) is 4.79 Å². The van der Waals surface area contributed by atoms with Crippen LogP contribution in [0.25, 0.3) is 10.9 Å². The van der Waals surface area contributed by atoms with Gasteiger partial charge in [-0.1, -0.05) is 19.8 Å². The summed E-state index contributed by atoms with van der Waals surface area (Å²) in [6, 6.07) is 5.70. The Labute approximate surface area is 134 Å². The minimum atomic E-state index is -0.411. The Morgan fingerprint density at radius 1 is 1.22 bits per heavy atom. The van der Waals surface area contributed by atoms with Crippen molar-refractivity contribution in [2.45, 2.75) is 45.1 Å². The Morgan fingerprint density at radius 3 is 2.74 bits per heavy atom. The third-order valence-electron chi connectivity index (χ3n) is 5.06. The summed E-state index contributed by atoms with van der Waals surface area (Å²) < 4.78 is 0. The highest BCUT2D eigenvalue weighted by Gasteiger charge is 2.26. The van der Waals surface area contributed by atoms with E-state index in [1.54, 1.807) is 0 Å². The minimum absolute atomic E-state index is 0.318. The first kappa shape index (κ1) is 14.5. The molecule has 1 aliphatic heterocycles. The smallest absolute Gasteiger partial charge is 0.250 e. The molecule has 0 atom stereocenters. The summed E-state index contributed by atoms with van der Waals surface area (Å²) in [7, 11) is 0. The van der Waals surface area contributed by atoms with Gasteiger partial charge in [-0.2, -0.15) is 4.89 Å². The number of hydrogen-bond donors (Lipinski definition) is 1. The number of aromatic nitrogens is 1. The molecular weight excluding hydrogens is 292 g/mol. The number of pyridine rings is 1. The molecule has 1 aliphatic carbocycles. The quantitative estimate of drug-likeness (QED) is 0.862. The van der Waals surface area contributed by atoms with E-state index in [-0.39, 0.29) is 0 Å². The Morgan fingerprint density at radius 2 is 2.00 bits per heavy atom. The number of nitrogens with zero attached hydrogens (tertiary/aromatic N) is 1. The number of hydrogen-bond acceptors (Lipinski definition) is 4.